The summed E-state index contributed by atoms with van der Waals surface area (Å²) in [4.78, 5) is 20.4. The third-order valence-corrected chi connectivity index (χ3v) is 6.79. The first-order valence-corrected chi connectivity index (χ1v) is 12.4. The van der Waals surface area contributed by atoms with Gasteiger partial charge in [0, 0.05) is 49.7 Å². The fraction of sp³-hybridized carbons (Fsp3) is 0.385. The number of nitrogens with one attached hydrogen (secondary N) is 2. The molecule has 2 aliphatic heterocycles. The first-order chi connectivity index (χ1) is 17.2. The van der Waals surface area contributed by atoms with E-state index in [-0.39, 0.29) is 12.4 Å². The van der Waals surface area contributed by atoms with E-state index in [9.17, 15) is 4.79 Å². The zero-order valence-corrected chi connectivity index (χ0v) is 20.4. The van der Waals surface area contributed by atoms with Crippen LogP contribution >= 0.6 is 12.2 Å². The molecular weight excluding hydrogens is 464 g/mol. The lowest BCUT2D eigenvalue weighted by Gasteiger charge is -2.31. The van der Waals surface area contributed by atoms with Gasteiger partial charge in [0.2, 0.25) is 6.79 Å². The number of nitrogens with zero attached hydrogens (tertiary/aromatic N) is 2. The minimum absolute atomic E-state index is 0.125. The summed E-state index contributed by atoms with van der Waals surface area (Å²) in [5.74, 6) is 1.34. The van der Waals surface area contributed by atoms with Gasteiger partial charge < -0.3 is 29.4 Å². The maximum Gasteiger partial charge on any atom is 0.253 e. The Labute approximate surface area is 209 Å². The lowest BCUT2D eigenvalue weighted by atomic mass is 10.1. The van der Waals surface area contributed by atoms with Gasteiger partial charge in [0.05, 0.1) is 25.3 Å². The second-order valence-corrected chi connectivity index (χ2v) is 9.15. The number of H-pyrrole nitrogens is 1. The average molecular weight is 495 g/mol. The molecule has 2 aromatic carbocycles. The van der Waals surface area contributed by atoms with Crippen molar-refractivity contribution in [3.05, 3.63) is 70.0 Å². The van der Waals surface area contributed by atoms with Gasteiger partial charge >= 0.3 is 0 Å². The molecule has 0 bridgehead atoms. The third-order valence-electron chi connectivity index (χ3n) is 6.39. The molecule has 3 heterocycles. The van der Waals surface area contributed by atoms with Crippen LogP contribution in [0.5, 0.6) is 11.5 Å². The summed E-state index contributed by atoms with van der Waals surface area (Å²) in [5.41, 5.74) is 2.52. The van der Waals surface area contributed by atoms with Gasteiger partial charge in [-0.1, -0.05) is 30.3 Å². The van der Waals surface area contributed by atoms with Crippen LogP contribution < -0.4 is 20.3 Å². The quantitative estimate of drug-likeness (QED) is 0.463. The van der Waals surface area contributed by atoms with Crippen molar-refractivity contribution in [1.29, 1.82) is 0 Å². The van der Waals surface area contributed by atoms with Gasteiger partial charge in [-0.05, 0) is 36.3 Å². The Morgan fingerprint density at radius 3 is 2.66 bits per heavy atom. The molecule has 0 amide bonds. The summed E-state index contributed by atoms with van der Waals surface area (Å²) < 4.78 is 16.4. The van der Waals surface area contributed by atoms with Crippen molar-refractivity contribution in [2.75, 3.05) is 52.7 Å². The summed E-state index contributed by atoms with van der Waals surface area (Å²) >= 11 is 5.78. The Balaban J connectivity index is 1.30. The lowest BCUT2D eigenvalue weighted by molar-refractivity contribution is 0.0357. The predicted octanol–water partition coefficient (Wildman–Crippen LogP) is 2.51. The number of morpholine rings is 1. The Morgan fingerprint density at radius 2 is 1.86 bits per heavy atom. The Morgan fingerprint density at radius 1 is 1.09 bits per heavy atom. The van der Waals surface area contributed by atoms with Crippen molar-refractivity contribution in [2.45, 2.75) is 13.0 Å². The smallest absolute Gasteiger partial charge is 0.253 e. The highest BCUT2D eigenvalue weighted by Gasteiger charge is 2.19. The Hall–Kier alpha value is -3.14. The maximum absolute atomic E-state index is 13.0. The number of aromatic amines is 1. The molecule has 5 rings (SSSR count). The average Bonchev–Trinajstić information content (AvgIpc) is 3.34. The molecule has 184 valence electrons. The molecule has 1 saturated heterocycles. The molecule has 0 aliphatic carbocycles. The fourth-order valence-electron chi connectivity index (χ4n) is 4.37. The van der Waals surface area contributed by atoms with Crippen LogP contribution in [0.15, 0.2) is 53.3 Å². The van der Waals surface area contributed by atoms with Crippen LogP contribution in [0.25, 0.3) is 10.9 Å². The minimum atomic E-state index is -0.125. The van der Waals surface area contributed by atoms with Crippen molar-refractivity contribution >= 4 is 28.2 Å². The number of ether oxygens (including phenoxy) is 3. The van der Waals surface area contributed by atoms with Crippen molar-refractivity contribution in [2.24, 2.45) is 0 Å². The van der Waals surface area contributed by atoms with E-state index >= 15 is 0 Å². The first kappa shape index (κ1) is 23.6. The molecule has 35 heavy (non-hydrogen) atoms. The van der Waals surface area contributed by atoms with E-state index < -0.39 is 0 Å². The molecule has 3 aromatic rings. The van der Waals surface area contributed by atoms with Crippen LogP contribution in [0.3, 0.4) is 0 Å². The Bertz CT molecular complexity index is 1230. The predicted molar refractivity (Wildman–Crippen MR) is 139 cm³/mol. The standard InChI is InChI=1S/C26H30N4O4S/c31-25-21(14-20-15-23-24(34-18-33-23)16-22(20)28-25)17-30(9-8-29-10-12-32-13-11-29)26(35)27-7-6-19-4-2-1-3-5-19/h1-5,14-16H,6-13,17-18H2,(H,27,35)(H,28,31). The number of fused-ring (bicyclic) bond motifs is 2. The largest absolute Gasteiger partial charge is 0.454 e. The van der Waals surface area contributed by atoms with Crippen molar-refractivity contribution in [3.8, 4) is 11.5 Å². The summed E-state index contributed by atoms with van der Waals surface area (Å²) in [6, 6.07) is 16.0. The molecule has 1 fully saturated rings. The van der Waals surface area contributed by atoms with E-state index in [1.165, 1.54) is 5.56 Å². The molecule has 9 heteroatoms. The van der Waals surface area contributed by atoms with E-state index in [4.69, 9.17) is 26.4 Å². The van der Waals surface area contributed by atoms with E-state index in [1.807, 2.05) is 36.4 Å². The van der Waals surface area contributed by atoms with Crippen molar-refractivity contribution in [3.63, 3.8) is 0 Å². The topological polar surface area (TPSA) is 79.1 Å². The summed E-state index contributed by atoms with van der Waals surface area (Å²) in [6.07, 6.45) is 0.877. The van der Waals surface area contributed by atoms with Gasteiger partial charge in [0.1, 0.15) is 0 Å². The molecule has 2 N–H and O–H groups in total. The monoisotopic (exact) mass is 494 g/mol. The molecule has 2 aliphatic rings. The van der Waals surface area contributed by atoms with Crippen LogP contribution in [-0.2, 0) is 17.7 Å². The van der Waals surface area contributed by atoms with Gasteiger partial charge in [-0.3, -0.25) is 9.69 Å². The van der Waals surface area contributed by atoms with E-state index in [1.54, 1.807) is 0 Å². The van der Waals surface area contributed by atoms with E-state index in [0.29, 0.717) is 28.7 Å². The normalized spacial score (nSPS) is 15.3. The molecular formula is C26H30N4O4S. The molecule has 1 aromatic heterocycles. The fourth-order valence-corrected chi connectivity index (χ4v) is 4.63. The number of rotatable bonds is 8. The van der Waals surface area contributed by atoms with Crippen LogP contribution in [0, 0.1) is 0 Å². The SMILES string of the molecule is O=c1[nH]c2cc3c(cc2cc1CN(CCN1CCOCC1)C(=S)NCCc1ccccc1)OCO3. The number of pyridine rings is 1. The van der Waals surface area contributed by atoms with Crippen molar-refractivity contribution in [1.82, 2.24) is 20.1 Å². The van der Waals surface area contributed by atoms with E-state index in [2.05, 4.69) is 32.2 Å². The molecule has 0 spiro atoms. The molecule has 0 unspecified atom stereocenters. The molecule has 8 nitrogen and oxygen atoms in total. The number of hydrogen-bond donors (Lipinski definition) is 2. The van der Waals surface area contributed by atoms with Gasteiger partial charge in [-0.25, -0.2) is 0 Å². The minimum Gasteiger partial charge on any atom is -0.454 e. The summed E-state index contributed by atoms with van der Waals surface area (Å²) in [7, 11) is 0. The van der Waals surface area contributed by atoms with Crippen molar-refractivity contribution < 1.29 is 14.2 Å². The highest BCUT2D eigenvalue weighted by Crippen LogP contribution is 2.35. The second kappa shape index (κ2) is 11.1. The molecule has 0 atom stereocenters. The lowest BCUT2D eigenvalue weighted by Crippen LogP contribution is -2.46. The zero-order chi connectivity index (χ0) is 24.0. The van der Waals surface area contributed by atoms with Crippen LogP contribution in [0.1, 0.15) is 11.1 Å². The van der Waals surface area contributed by atoms with Gasteiger partial charge in [0.15, 0.2) is 16.6 Å². The second-order valence-electron chi connectivity index (χ2n) is 8.76. The van der Waals surface area contributed by atoms with Gasteiger partial charge in [0.25, 0.3) is 5.56 Å². The summed E-state index contributed by atoms with van der Waals surface area (Å²) in [6.45, 7) is 6.23. The maximum atomic E-state index is 13.0. The highest BCUT2D eigenvalue weighted by atomic mass is 32.1. The molecule has 0 saturated carbocycles. The van der Waals surface area contributed by atoms with Gasteiger partial charge in [-0.15, -0.1) is 0 Å². The third kappa shape index (κ3) is 5.93. The molecule has 0 radical (unpaired) electrons. The van der Waals surface area contributed by atoms with Gasteiger partial charge in [-0.2, -0.15) is 0 Å². The van der Waals surface area contributed by atoms with E-state index in [0.717, 1.165) is 63.3 Å². The highest BCUT2D eigenvalue weighted by molar-refractivity contribution is 7.80. The van der Waals surface area contributed by atoms with Crippen LogP contribution in [-0.4, -0.2) is 72.6 Å². The van der Waals surface area contributed by atoms with Crippen LogP contribution in [0.2, 0.25) is 0 Å². The number of thiocarbonyl (C=S) groups is 1. The van der Waals surface area contributed by atoms with Crippen LogP contribution in [0.4, 0.5) is 0 Å². The summed E-state index contributed by atoms with van der Waals surface area (Å²) in [5, 5.41) is 4.95. The zero-order valence-electron chi connectivity index (χ0n) is 19.6. The number of hydrogen-bond acceptors (Lipinski definition) is 6. The first-order valence-electron chi connectivity index (χ1n) is 12.0. The Kier molecular flexibility index (Phi) is 7.46. The number of benzene rings is 2. The number of aromatic nitrogens is 1.